The third kappa shape index (κ3) is 3.94. The topological polar surface area (TPSA) is 93.5 Å². The van der Waals surface area contributed by atoms with Crippen molar-refractivity contribution >= 4 is 14.7 Å². The second-order valence-corrected chi connectivity index (χ2v) is 8.58. The summed E-state index contributed by atoms with van der Waals surface area (Å²) in [4.78, 5) is 13.5. The van der Waals surface area contributed by atoms with Crippen LogP contribution in [0, 0.1) is 0 Å². The number of carbonyl (C=O) groups is 1. The van der Waals surface area contributed by atoms with E-state index in [-0.39, 0.29) is 6.10 Å². The molecule has 1 aliphatic rings. The van der Waals surface area contributed by atoms with E-state index >= 15 is 0 Å². The number of hydrogen-bond acceptors (Lipinski definition) is 4. The molecule has 0 bridgehead atoms. The third-order valence-electron chi connectivity index (χ3n) is 3.87. The summed E-state index contributed by atoms with van der Waals surface area (Å²) in [5, 5.41) is 2.91. The Morgan fingerprint density at radius 1 is 1.32 bits per heavy atom. The average Bonchev–Trinajstić information content (AvgIpc) is 2.43. The molecule has 19 heavy (non-hydrogen) atoms. The first-order valence-electron chi connectivity index (χ1n) is 6.47. The summed E-state index contributed by atoms with van der Waals surface area (Å²) in [5.74, 6) is 0. The highest BCUT2D eigenvalue weighted by Gasteiger charge is 2.44. The molecule has 1 rings (SSSR count). The predicted molar refractivity (Wildman–Crippen MR) is 71.9 cm³/mol. The normalized spacial score (nSPS) is 23.5. The SMILES string of the molecule is CC[Si](OC)(OC)C1CCC(OC(=O)N=[N+]=[N-])CC1. The summed E-state index contributed by atoms with van der Waals surface area (Å²) in [6, 6.07) is 0.911. The number of rotatable bonds is 5. The third-order valence-corrected chi connectivity index (χ3v) is 8.06. The molecule has 108 valence electrons. The maximum Gasteiger partial charge on any atom is 0.397 e. The first-order valence-corrected chi connectivity index (χ1v) is 8.58. The van der Waals surface area contributed by atoms with Crippen LogP contribution in [0.4, 0.5) is 4.79 Å². The molecule has 0 aromatic carbocycles. The van der Waals surface area contributed by atoms with Gasteiger partial charge in [0.15, 0.2) is 0 Å². The molecule has 0 unspecified atom stereocenters. The Hall–Kier alpha value is -1.08. The van der Waals surface area contributed by atoms with Gasteiger partial charge >= 0.3 is 14.7 Å². The van der Waals surface area contributed by atoms with Crippen molar-refractivity contribution in [3.05, 3.63) is 10.4 Å². The Morgan fingerprint density at radius 2 is 1.89 bits per heavy atom. The van der Waals surface area contributed by atoms with Gasteiger partial charge in [0.2, 0.25) is 0 Å². The Morgan fingerprint density at radius 3 is 2.32 bits per heavy atom. The lowest BCUT2D eigenvalue weighted by Crippen LogP contribution is -2.46. The average molecular weight is 287 g/mol. The van der Waals surface area contributed by atoms with Crippen molar-refractivity contribution in [3.8, 4) is 0 Å². The van der Waals surface area contributed by atoms with Gasteiger partial charge in [-0.25, -0.2) is 4.79 Å². The fraction of sp³-hybridized carbons (Fsp3) is 0.909. The number of amides is 1. The Bertz CT molecular complexity index is 340. The van der Waals surface area contributed by atoms with Crippen LogP contribution in [-0.2, 0) is 13.6 Å². The second-order valence-electron chi connectivity index (χ2n) is 4.62. The number of carbonyl (C=O) groups excluding carboxylic acids is 1. The fourth-order valence-electron chi connectivity index (χ4n) is 2.82. The summed E-state index contributed by atoms with van der Waals surface area (Å²) in [6.45, 7) is 2.09. The number of azide groups is 1. The number of nitrogens with zero attached hydrogens (tertiary/aromatic N) is 3. The molecule has 0 aromatic heterocycles. The van der Waals surface area contributed by atoms with E-state index in [0.29, 0.717) is 5.54 Å². The quantitative estimate of drug-likeness (QED) is 0.335. The van der Waals surface area contributed by atoms with Crippen molar-refractivity contribution in [2.24, 2.45) is 5.11 Å². The van der Waals surface area contributed by atoms with Crippen molar-refractivity contribution in [2.45, 2.75) is 50.3 Å². The zero-order valence-corrected chi connectivity index (χ0v) is 12.7. The van der Waals surface area contributed by atoms with E-state index in [1.54, 1.807) is 14.2 Å². The summed E-state index contributed by atoms with van der Waals surface area (Å²) in [5.41, 5.74) is 8.56. The van der Waals surface area contributed by atoms with Crippen LogP contribution in [0.2, 0.25) is 11.6 Å². The molecule has 1 fully saturated rings. The van der Waals surface area contributed by atoms with Gasteiger partial charge < -0.3 is 13.6 Å². The van der Waals surface area contributed by atoms with Gasteiger partial charge in [-0.2, -0.15) is 0 Å². The molecular formula is C11H21N3O4Si. The highest BCUT2D eigenvalue weighted by atomic mass is 28.4. The van der Waals surface area contributed by atoms with E-state index in [4.69, 9.17) is 19.1 Å². The predicted octanol–water partition coefficient (Wildman–Crippen LogP) is 3.50. The standard InChI is InChI=1S/C11H21N3O4Si/c1-4-19(16-2,17-3)10-7-5-9(6-8-10)18-11(15)13-14-12/h9-10H,4-8H2,1-3H3. The van der Waals surface area contributed by atoms with Crippen LogP contribution < -0.4 is 0 Å². The fourth-order valence-corrected chi connectivity index (χ4v) is 6.02. The zero-order valence-electron chi connectivity index (χ0n) is 11.7. The van der Waals surface area contributed by atoms with Gasteiger partial charge in [-0.3, -0.25) is 0 Å². The van der Waals surface area contributed by atoms with E-state index in [0.717, 1.165) is 31.7 Å². The van der Waals surface area contributed by atoms with Gasteiger partial charge in [0.05, 0.1) is 0 Å². The van der Waals surface area contributed by atoms with Gasteiger partial charge in [-0.1, -0.05) is 6.92 Å². The van der Waals surface area contributed by atoms with Crippen LogP contribution in [0.25, 0.3) is 10.4 Å². The van der Waals surface area contributed by atoms with E-state index < -0.39 is 14.7 Å². The van der Waals surface area contributed by atoms with Crippen molar-refractivity contribution < 1.29 is 18.4 Å². The lowest BCUT2D eigenvalue weighted by molar-refractivity contribution is 0.0782. The monoisotopic (exact) mass is 287 g/mol. The maximum atomic E-state index is 11.1. The van der Waals surface area contributed by atoms with Crippen molar-refractivity contribution in [1.29, 1.82) is 0 Å². The van der Waals surface area contributed by atoms with E-state index in [9.17, 15) is 4.79 Å². The van der Waals surface area contributed by atoms with E-state index in [1.807, 2.05) is 0 Å². The second kappa shape index (κ2) is 7.49. The Kier molecular flexibility index (Phi) is 6.30. The Balaban J connectivity index is 2.52. The van der Waals surface area contributed by atoms with Crippen molar-refractivity contribution in [3.63, 3.8) is 0 Å². The summed E-state index contributed by atoms with van der Waals surface area (Å²) < 4.78 is 16.4. The van der Waals surface area contributed by atoms with Gasteiger partial charge in [0.25, 0.3) is 0 Å². The lowest BCUT2D eigenvalue weighted by Gasteiger charge is -2.38. The zero-order chi connectivity index (χ0) is 14.3. The minimum atomic E-state index is -2.12. The van der Waals surface area contributed by atoms with E-state index in [2.05, 4.69) is 16.9 Å². The first kappa shape index (κ1) is 16.0. The van der Waals surface area contributed by atoms with Crippen LogP contribution in [0.5, 0.6) is 0 Å². The molecule has 0 aromatic rings. The molecule has 1 saturated carbocycles. The molecule has 0 aliphatic heterocycles. The van der Waals surface area contributed by atoms with Crippen LogP contribution in [0.3, 0.4) is 0 Å². The lowest BCUT2D eigenvalue weighted by atomic mass is 9.97. The van der Waals surface area contributed by atoms with Crippen molar-refractivity contribution in [1.82, 2.24) is 0 Å². The largest absolute Gasteiger partial charge is 0.458 e. The molecule has 0 heterocycles. The highest BCUT2D eigenvalue weighted by molar-refractivity contribution is 6.68. The van der Waals surface area contributed by atoms with E-state index in [1.165, 1.54) is 0 Å². The molecule has 0 atom stereocenters. The molecule has 0 saturated heterocycles. The summed E-state index contributed by atoms with van der Waals surface area (Å²) >= 11 is 0. The van der Waals surface area contributed by atoms with Crippen LogP contribution in [0.15, 0.2) is 5.11 Å². The van der Waals surface area contributed by atoms with Gasteiger partial charge in [0, 0.05) is 29.8 Å². The van der Waals surface area contributed by atoms with Gasteiger partial charge in [-0.15, -0.1) is 0 Å². The minimum absolute atomic E-state index is 0.161. The molecule has 8 heteroatoms. The summed E-state index contributed by atoms with van der Waals surface area (Å²) in [6.07, 6.45) is 2.35. The smallest absolute Gasteiger partial charge is 0.397 e. The Labute approximate surface area is 114 Å². The number of ether oxygens (including phenoxy) is 1. The van der Waals surface area contributed by atoms with Crippen LogP contribution >= 0.6 is 0 Å². The van der Waals surface area contributed by atoms with Gasteiger partial charge in [0.1, 0.15) is 6.10 Å². The van der Waals surface area contributed by atoms with Crippen LogP contribution in [0.1, 0.15) is 32.6 Å². The van der Waals surface area contributed by atoms with Crippen LogP contribution in [-0.4, -0.2) is 35.0 Å². The maximum absolute atomic E-state index is 11.1. The molecule has 0 N–H and O–H groups in total. The summed E-state index contributed by atoms with van der Waals surface area (Å²) in [7, 11) is 1.31. The first-order chi connectivity index (χ1) is 9.11. The molecular weight excluding hydrogens is 266 g/mol. The van der Waals surface area contributed by atoms with Gasteiger partial charge in [-0.05, 0) is 37.3 Å². The molecule has 0 spiro atoms. The molecule has 1 aliphatic carbocycles. The minimum Gasteiger partial charge on any atom is -0.458 e. The highest BCUT2D eigenvalue weighted by Crippen LogP contribution is 2.40. The molecule has 0 radical (unpaired) electrons. The number of hydrogen-bond donors (Lipinski definition) is 0. The molecule has 7 nitrogen and oxygen atoms in total. The van der Waals surface area contributed by atoms with Crippen molar-refractivity contribution in [2.75, 3.05) is 14.2 Å². The molecule has 1 amide bonds.